The first-order valence-corrected chi connectivity index (χ1v) is 10.3. The van der Waals surface area contributed by atoms with E-state index in [1.165, 1.54) is 5.56 Å². The first kappa shape index (κ1) is 18.7. The van der Waals surface area contributed by atoms with Crippen LogP contribution in [0, 0.1) is 5.92 Å². The van der Waals surface area contributed by atoms with Gasteiger partial charge in [0, 0.05) is 37.8 Å². The van der Waals surface area contributed by atoms with Crippen molar-refractivity contribution in [1.29, 1.82) is 0 Å². The highest BCUT2D eigenvalue weighted by Crippen LogP contribution is 2.32. The number of H-pyrrole nitrogens is 1. The molecule has 0 unspecified atom stereocenters. The topological polar surface area (TPSA) is 69.3 Å². The summed E-state index contributed by atoms with van der Waals surface area (Å²) in [5, 5.41) is 6.97. The van der Waals surface area contributed by atoms with Crippen LogP contribution in [0.5, 0.6) is 0 Å². The lowest BCUT2D eigenvalue weighted by molar-refractivity contribution is -0.140. The second-order valence-electron chi connectivity index (χ2n) is 7.84. The molecular formula is C22H28N4O2. The summed E-state index contributed by atoms with van der Waals surface area (Å²) in [4.78, 5) is 29.6. The van der Waals surface area contributed by atoms with Crippen LogP contribution in [-0.2, 0) is 17.6 Å². The van der Waals surface area contributed by atoms with E-state index < -0.39 is 0 Å². The molecule has 0 saturated carbocycles. The molecule has 0 radical (unpaired) electrons. The number of nitrogens with one attached hydrogen (secondary N) is 1. The summed E-state index contributed by atoms with van der Waals surface area (Å²) in [5.74, 6) is 0.694. The number of hydrogen-bond acceptors (Lipinski definition) is 3. The van der Waals surface area contributed by atoms with Crippen LogP contribution >= 0.6 is 0 Å². The molecule has 148 valence electrons. The van der Waals surface area contributed by atoms with E-state index in [9.17, 15) is 9.59 Å². The van der Waals surface area contributed by atoms with E-state index in [2.05, 4.69) is 27.2 Å². The monoisotopic (exact) mass is 380 g/mol. The number of piperidine rings is 2. The summed E-state index contributed by atoms with van der Waals surface area (Å²) < 4.78 is 0. The van der Waals surface area contributed by atoms with Gasteiger partial charge in [-0.05, 0) is 37.2 Å². The number of benzene rings is 1. The Morgan fingerprint density at radius 3 is 2.86 bits per heavy atom. The number of amides is 2. The van der Waals surface area contributed by atoms with Crippen LogP contribution in [0.15, 0.2) is 36.5 Å². The number of likely N-dealkylation sites (tertiary alicyclic amines) is 2. The molecule has 0 aliphatic carbocycles. The van der Waals surface area contributed by atoms with Crippen molar-refractivity contribution in [1.82, 2.24) is 20.0 Å². The third kappa shape index (κ3) is 3.68. The van der Waals surface area contributed by atoms with Gasteiger partial charge in [-0.15, -0.1) is 0 Å². The average Bonchev–Trinajstić information content (AvgIpc) is 3.22. The minimum Gasteiger partial charge on any atom is -0.339 e. The maximum absolute atomic E-state index is 13.0. The third-order valence-electron chi connectivity index (χ3n) is 6.22. The van der Waals surface area contributed by atoms with E-state index in [1.54, 1.807) is 6.20 Å². The van der Waals surface area contributed by atoms with E-state index in [1.807, 2.05) is 30.0 Å². The first-order valence-electron chi connectivity index (χ1n) is 10.3. The van der Waals surface area contributed by atoms with Crippen LogP contribution in [0.4, 0.5) is 0 Å². The fourth-order valence-electron chi connectivity index (χ4n) is 4.66. The second kappa shape index (κ2) is 8.17. The van der Waals surface area contributed by atoms with Gasteiger partial charge in [0.05, 0.1) is 11.8 Å². The fourth-order valence-corrected chi connectivity index (χ4v) is 4.66. The van der Waals surface area contributed by atoms with Gasteiger partial charge in [0.15, 0.2) is 0 Å². The Balaban J connectivity index is 1.42. The Bertz CT molecular complexity index is 832. The van der Waals surface area contributed by atoms with Crippen molar-refractivity contribution in [2.24, 2.45) is 5.92 Å². The highest BCUT2D eigenvalue weighted by atomic mass is 16.2. The summed E-state index contributed by atoms with van der Waals surface area (Å²) in [6, 6.07) is 10.6. The van der Waals surface area contributed by atoms with Crippen LogP contribution in [0.1, 0.15) is 47.8 Å². The summed E-state index contributed by atoms with van der Waals surface area (Å²) in [7, 11) is 0. The molecule has 6 nitrogen and oxygen atoms in total. The standard InChI is InChI=1S/C22H28N4O2/c1-2-19-18(14-23-24-19)22(28)25-12-11-20-17(15-25)8-9-21(27)26(20)13-10-16-6-4-3-5-7-16/h3-7,14,17,20H,2,8-13,15H2,1H3,(H,23,24)/t17-,20+/m0/s1. The summed E-state index contributed by atoms with van der Waals surface area (Å²) in [6.45, 7) is 4.21. The smallest absolute Gasteiger partial charge is 0.257 e. The number of nitrogens with zero attached hydrogens (tertiary/aromatic N) is 3. The molecule has 1 aromatic heterocycles. The Morgan fingerprint density at radius 1 is 1.25 bits per heavy atom. The van der Waals surface area contributed by atoms with Crippen molar-refractivity contribution < 1.29 is 9.59 Å². The predicted octanol–water partition coefficient (Wildman–Crippen LogP) is 2.67. The number of aryl methyl sites for hydroxylation is 1. The molecule has 0 spiro atoms. The van der Waals surface area contributed by atoms with Gasteiger partial charge in [0.1, 0.15) is 0 Å². The summed E-state index contributed by atoms with van der Waals surface area (Å²) in [6.07, 6.45) is 5.61. The van der Waals surface area contributed by atoms with Crippen molar-refractivity contribution in [3.05, 3.63) is 53.3 Å². The van der Waals surface area contributed by atoms with Crippen molar-refractivity contribution in [3.8, 4) is 0 Å². The molecule has 1 N–H and O–H groups in total. The average molecular weight is 380 g/mol. The molecule has 3 heterocycles. The lowest BCUT2D eigenvalue weighted by Gasteiger charge is -2.47. The summed E-state index contributed by atoms with van der Waals surface area (Å²) in [5.41, 5.74) is 2.85. The molecule has 2 atom stereocenters. The Morgan fingerprint density at radius 2 is 2.07 bits per heavy atom. The van der Waals surface area contributed by atoms with Gasteiger partial charge in [-0.25, -0.2) is 0 Å². The molecule has 2 fully saturated rings. The van der Waals surface area contributed by atoms with Crippen molar-refractivity contribution >= 4 is 11.8 Å². The lowest BCUT2D eigenvalue weighted by Crippen LogP contribution is -2.57. The van der Waals surface area contributed by atoms with E-state index >= 15 is 0 Å². The molecule has 2 aromatic rings. The molecule has 2 saturated heterocycles. The van der Waals surface area contributed by atoms with Gasteiger partial charge < -0.3 is 9.80 Å². The van der Waals surface area contributed by atoms with Crippen molar-refractivity contribution in [3.63, 3.8) is 0 Å². The lowest BCUT2D eigenvalue weighted by atomic mass is 9.83. The largest absolute Gasteiger partial charge is 0.339 e. The first-order chi connectivity index (χ1) is 13.7. The SMILES string of the molecule is CCc1[nH]ncc1C(=O)N1CC[C@@H]2[C@@H](CCC(=O)N2CCc2ccccc2)C1. The molecule has 4 rings (SSSR count). The van der Waals surface area contributed by atoms with Gasteiger partial charge in [-0.1, -0.05) is 37.3 Å². The highest BCUT2D eigenvalue weighted by Gasteiger charge is 2.40. The molecule has 2 amide bonds. The zero-order valence-electron chi connectivity index (χ0n) is 16.4. The Kier molecular flexibility index (Phi) is 5.46. The molecule has 6 heteroatoms. The normalized spacial score (nSPS) is 22.2. The van der Waals surface area contributed by atoms with Crippen LogP contribution in [0.2, 0.25) is 0 Å². The second-order valence-corrected chi connectivity index (χ2v) is 7.84. The van der Waals surface area contributed by atoms with E-state index in [4.69, 9.17) is 0 Å². The highest BCUT2D eigenvalue weighted by molar-refractivity contribution is 5.95. The molecule has 1 aromatic carbocycles. The van der Waals surface area contributed by atoms with E-state index in [0.29, 0.717) is 24.4 Å². The number of fused-ring (bicyclic) bond motifs is 1. The quantitative estimate of drug-likeness (QED) is 0.867. The van der Waals surface area contributed by atoms with Crippen LogP contribution < -0.4 is 0 Å². The number of hydrogen-bond donors (Lipinski definition) is 1. The van der Waals surface area contributed by atoms with Gasteiger partial charge in [0.2, 0.25) is 5.91 Å². The molecule has 2 aliphatic heterocycles. The maximum atomic E-state index is 13.0. The molecular weight excluding hydrogens is 352 g/mol. The van der Waals surface area contributed by atoms with Crippen molar-refractivity contribution in [2.75, 3.05) is 19.6 Å². The Labute approximate surface area is 165 Å². The van der Waals surface area contributed by atoms with Crippen molar-refractivity contribution in [2.45, 2.75) is 45.1 Å². The molecule has 2 aliphatic rings. The van der Waals surface area contributed by atoms with E-state index in [0.717, 1.165) is 44.5 Å². The number of aromatic nitrogens is 2. The minimum atomic E-state index is 0.0665. The number of rotatable bonds is 5. The van der Waals surface area contributed by atoms with Crippen LogP contribution in [0.3, 0.4) is 0 Å². The summed E-state index contributed by atoms with van der Waals surface area (Å²) >= 11 is 0. The fraction of sp³-hybridized carbons (Fsp3) is 0.500. The maximum Gasteiger partial charge on any atom is 0.257 e. The minimum absolute atomic E-state index is 0.0665. The van der Waals surface area contributed by atoms with E-state index in [-0.39, 0.29) is 17.9 Å². The van der Waals surface area contributed by atoms with Gasteiger partial charge in [-0.3, -0.25) is 14.7 Å². The number of carbonyl (C=O) groups excluding carboxylic acids is 2. The zero-order chi connectivity index (χ0) is 19.5. The molecule has 0 bridgehead atoms. The van der Waals surface area contributed by atoms with Crippen LogP contribution in [0.25, 0.3) is 0 Å². The van der Waals surface area contributed by atoms with Gasteiger partial charge in [-0.2, -0.15) is 5.10 Å². The zero-order valence-corrected chi connectivity index (χ0v) is 16.4. The number of carbonyl (C=O) groups is 2. The van der Waals surface area contributed by atoms with Crippen LogP contribution in [-0.4, -0.2) is 57.5 Å². The van der Waals surface area contributed by atoms with Gasteiger partial charge in [0.25, 0.3) is 5.91 Å². The third-order valence-corrected chi connectivity index (χ3v) is 6.22. The van der Waals surface area contributed by atoms with Gasteiger partial charge >= 0.3 is 0 Å². The Hall–Kier alpha value is -2.63. The number of aromatic amines is 1. The molecule has 28 heavy (non-hydrogen) atoms. The predicted molar refractivity (Wildman–Crippen MR) is 107 cm³/mol.